The van der Waals surface area contributed by atoms with Crippen molar-refractivity contribution in [1.29, 1.82) is 5.26 Å². The maximum Gasteiger partial charge on any atom is 0.0652 e. The highest BCUT2D eigenvalue weighted by atomic mass is 14.3. The van der Waals surface area contributed by atoms with Crippen LogP contribution in [0.4, 0.5) is 0 Å². The highest BCUT2D eigenvalue weighted by Gasteiger charge is 2.05. The lowest BCUT2D eigenvalue weighted by molar-refractivity contribution is 0.414. The fourth-order valence-corrected chi connectivity index (χ4v) is 1.86. The predicted octanol–water partition coefficient (Wildman–Crippen LogP) is 4.78. The van der Waals surface area contributed by atoms with Crippen LogP contribution in [0.5, 0.6) is 0 Å². The number of nitrogens with zero attached hydrogens (tertiary/aromatic N) is 1. The quantitative estimate of drug-likeness (QED) is 0.564. The Bertz CT molecular complexity index is 178. The van der Waals surface area contributed by atoms with E-state index in [0.717, 1.165) is 18.3 Å². The molecule has 0 aromatic carbocycles. The first kappa shape index (κ1) is 14.5. The molecule has 0 aliphatic heterocycles. The molecule has 0 fully saturated rings. The van der Waals surface area contributed by atoms with Crippen molar-refractivity contribution in [2.75, 3.05) is 0 Å². The molecular weight excluding hydrogens is 182 g/mol. The summed E-state index contributed by atoms with van der Waals surface area (Å²) in [4.78, 5) is 0. The summed E-state index contributed by atoms with van der Waals surface area (Å²) in [6, 6.07) is 2.30. The highest BCUT2D eigenvalue weighted by Crippen LogP contribution is 2.18. The SMILES string of the molecule is CC(C)CCCC(C)CCCC(C)C#N. The van der Waals surface area contributed by atoms with Crippen LogP contribution >= 0.6 is 0 Å². The Balaban J connectivity index is 3.34. The van der Waals surface area contributed by atoms with Gasteiger partial charge in [0.1, 0.15) is 0 Å². The summed E-state index contributed by atoms with van der Waals surface area (Å²) < 4.78 is 0. The summed E-state index contributed by atoms with van der Waals surface area (Å²) in [6.45, 7) is 8.94. The van der Waals surface area contributed by atoms with Gasteiger partial charge < -0.3 is 0 Å². The molecule has 0 bridgehead atoms. The van der Waals surface area contributed by atoms with Gasteiger partial charge in [0.15, 0.2) is 0 Å². The van der Waals surface area contributed by atoms with E-state index in [2.05, 4.69) is 26.8 Å². The molecule has 0 radical (unpaired) electrons. The van der Waals surface area contributed by atoms with Gasteiger partial charge >= 0.3 is 0 Å². The zero-order valence-electron chi connectivity index (χ0n) is 10.9. The largest absolute Gasteiger partial charge is 0.198 e. The maximum atomic E-state index is 8.65. The number of rotatable bonds is 8. The minimum absolute atomic E-state index is 0.243. The first-order valence-corrected chi connectivity index (χ1v) is 6.45. The van der Waals surface area contributed by atoms with Gasteiger partial charge in [-0.3, -0.25) is 0 Å². The maximum absolute atomic E-state index is 8.65. The van der Waals surface area contributed by atoms with Crippen molar-refractivity contribution in [3.8, 4) is 6.07 Å². The average molecular weight is 209 g/mol. The Morgan fingerprint density at radius 1 is 0.867 bits per heavy atom. The van der Waals surface area contributed by atoms with Crippen LogP contribution in [0, 0.1) is 29.1 Å². The molecule has 15 heavy (non-hydrogen) atoms. The van der Waals surface area contributed by atoms with E-state index in [0.29, 0.717) is 0 Å². The molecule has 0 aromatic heterocycles. The van der Waals surface area contributed by atoms with E-state index in [-0.39, 0.29) is 5.92 Å². The molecule has 2 atom stereocenters. The van der Waals surface area contributed by atoms with Crippen molar-refractivity contribution >= 4 is 0 Å². The summed E-state index contributed by atoms with van der Waals surface area (Å²) in [5.74, 6) is 1.93. The molecule has 2 unspecified atom stereocenters. The molecule has 0 aliphatic rings. The molecule has 0 rings (SSSR count). The first-order chi connectivity index (χ1) is 7.06. The summed E-state index contributed by atoms with van der Waals surface area (Å²) in [6.07, 6.45) is 7.68. The zero-order valence-corrected chi connectivity index (χ0v) is 10.9. The number of hydrogen-bond acceptors (Lipinski definition) is 1. The van der Waals surface area contributed by atoms with Gasteiger partial charge in [-0.25, -0.2) is 0 Å². The van der Waals surface area contributed by atoms with Crippen LogP contribution in [-0.2, 0) is 0 Å². The van der Waals surface area contributed by atoms with Crippen LogP contribution in [0.15, 0.2) is 0 Å². The van der Waals surface area contributed by atoms with Gasteiger partial charge in [0.25, 0.3) is 0 Å². The summed E-state index contributed by atoms with van der Waals surface area (Å²) in [7, 11) is 0. The van der Waals surface area contributed by atoms with Crippen molar-refractivity contribution in [2.24, 2.45) is 17.8 Å². The van der Waals surface area contributed by atoms with Gasteiger partial charge in [0.05, 0.1) is 6.07 Å². The van der Waals surface area contributed by atoms with Crippen LogP contribution in [0.2, 0.25) is 0 Å². The predicted molar refractivity (Wildman–Crippen MR) is 66.5 cm³/mol. The van der Waals surface area contributed by atoms with Gasteiger partial charge in [0, 0.05) is 5.92 Å². The fourth-order valence-electron chi connectivity index (χ4n) is 1.86. The third-order valence-corrected chi connectivity index (χ3v) is 3.03. The first-order valence-electron chi connectivity index (χ1n) is 6.45. The Morgan fingerprint density at radius 2 is 1.40 bits per heavy atom. The Labute approximate surface area is 95.9 Å². The molecule has 88 valence electrons. The van der Waals surface area contributed by atoms with E-state index < -0.39 is 0 Å². The zero-order chi connectivity index (χ0) is 11.7. The summed E-state index contributed by atoms with van der Waals surface area (Å²) >= 11 is 0. The smallest absolute Gasteiger partial charge is 0.0652 e. The van der Waals surface area contributed by atoms with Crippen molar-refractivity contribution in [3.63, 3.8) is 0 Å². The van der Waals surface area contributed by atoms with Gasteiger partial charge in [0.2, 0.25) is 0 Å². The van der Waals surface area contributed by atoms with E-state index >= 15 is 0 Å². The molecule has 1 heteroatoms. The standard InChI is InChI=1S/C14H27N/c1-12(2)7-5-8-13(3)9-6-10-14(4)11-15/h12-14H,5-10H2,1-4H3. The Morgan fingerprint density at radius 3 is 1.87 bits per heavy atom. The average Bonchev–Trinajstić information content (AvgIpc) is 2.17. The molecule has 0 aliphatic carbocycles. The van der Waals surface area contributed by atoms with E-state index in [1.807, 2.05) is 6.92 Å². The topological polar surface area (TPSA) is 23.8 Å². The van der Waals surface area contributed by atoms with Crippen LogP contribution in [0.25, 0.3) is 0 Å². The molecular formula is C14H27N. The van der Waals surface area contributed by atoms with Gasteiger partial charge in [-0.05, 0) is 25.2 Å². The summed E-state index contributed by atoms with van der Waals surface area (Å²) in [5.41, 5.74) is 0. The second-order valence-corrected chi connectivity index (χ2v) is 5.39. The van der Waals surface area contributed by atoms with Crippen molar-refractivity contribution < 1.29 is 0 Å². The summed E-state index contributed by atoms with van der Waals surface area (Å²) in [5, 5.41) is 8.65. The van der Waals surface area contributed by atoms with E-state index in [1.165, 1.54) is 32.1 Å². The second kappa shape index (κ2) is 8.77. The molecule has 0 saturated heterocycles. The van der Waals surface area contributed by atoms with E-state index in [9.17, 15) is 0 Å². The van der Waals surface area contributed by atoms with Crippen LogP contribution in [-0.4, -0.2) is 0 Å². The minimum Gasteiger partial charge on any atom is -0.198 e. The lowest BCUT2D eigenvalue weighted by Crippen LogP contribution is -1.98. The fraction of sp³-hybridized carbons (Fsp3) is 0.929. The molecule has 1 nitrogen and oxygen atoms in total. The van der Waals surface area contributed by atoms with Crippen molar-refractivity contribution in [1.82, 2.24) is 0 Å². The van der Waals surface area contributed by atoms with E-state index in [1.54, 1.807) is 0 Å². The molecule has 0 heterocycles. The van der Waals surface area contributed by atoms with Crippen LogP contribution in [0.1, 0.15) is 66.2 Å². The van der Waals surface area contributed by atoms with Gasteiger partial charge in [-0.2, -0.15) is 5.26 Å². The lowest BCUT2D eigenvalue weighted by Gasteiger charge is -2.12. The van der Waals surface area contributed by atoms with E-state index in [4.69, 9.17) is 5.26 Å². The van der Waals surface area contributed by atoms with Gasteiger partial charge in [-0.15, -0.1) is 0 Å². The Hall–Kier alpha value is -0.510. The second-order valence-electron chi connectivity index (χ2n) is 5.39. The lowest BCUT2D eigenvalue weighted by atomic mass is 9.94. The minimum atomic E-state index is 0.243. The molecule has 0 saturated carbocycles. The van der Waals surface area contributed by atoms with Crippen LogP contribution < -0.4 is 0 Å². The highest BCUT2D eigenvalue weighted by molar-refractivity contribution is 4.78. The normalized spacial score (nSPS) is 14.9. The van der Waals surface area contributed by atoms with Crippen molar-refractivity contribution in [2.45, 2.75) is 66.2 Å². The molecule has 0 amide bonds. The number of hydrogen-bond donors (Lipinski definition) is 0. The van der Waals surface area contributed by atoms with Crippen molar-refractivity contribution in [3.05, 3.63) is 0 Å². The van der Waals surface area contributed by atoms with Crippen LogP contribution in [0.3, 0.4) is 0 Å². The molecule has 0 N–H and O–H groups in total. The third-order valence-electron chi connectivity index (χ3n) is 3.03. The monoisotopic (exact) mass is 209 g/mol. The van der Waals surface area contributed by atoms with Gasteiger partial charge in [-0.1, -0.05) is 52.9 Å². The number of nitriles is 1. The molecule has 0 spiro atoms. The third kappa shape index (κ3) is 9.79. The molecule has 0 aromatic rings. The Kier molecular flexibility index (Phi) is 8.47.